The Kier molecular flexibility index (Phi) is 3.13. The SMILES string of the molecule is Cc1ccc(N)c(-c2nnnn2-c2c(C)cccc2F)c1. The average molecular weight is 283 g/mol. The third kappa shape index (κ3) is 2.24. The number of nitrogens with two attached hydrogens (primary N) is 1. The summed E-state index contributed by atoms with van der Waals surface area (Å²) < 4.78 is 15.5. The number of hydrogen-bond donors (Lipinski definition) is 1. The van der Waals surface area contributed by atoms with Crippen molar-refractivity contribution in [2.24, 2.45) is 0 Å². The maximum atomic E-state index is 14.1. The Labute approximate surface area is 121 Å². The van der Waals surface area contributed by atoms with Gasteiger partial charge in [-0.3, -0.25) is 0 Å². The summed E-state index contributed by atoms with van der Waals surface area (Å²) in [5.74, 6) is 0.0409. The van der Waals surface area contributed by atoms with Gasteiger partial charge in [0.1, 0.15) is 11.5 Å². The first-order valence-electron chi connectivity index (χ1n) is 6.48. The van der Waals surface area contributed by atoms with E-state index in [0.29, 0.717) is 22.8 Å². The van der Waals surface area contributed by atoms with Crippen molar-refractivity contribution in [1.82, 2.24) is 20.2 Å². The van der Waals surface area contributed by atoms with E-state index in [4.69, 9.17) is 5.73 Å². The van der Waals surface area contributed by atoms with Gasteiger partial charge in [-0.2, -0.15) is 4.68 Å². The first kappa shape index (κ1) is 13.2. The lowest BCUT2D eigenvalue weighted by Crippen LogP contribution is -2.06. The van der Waals surface area contributed by atoms with Crippen LogP contribution in [0.25, 0.3) is 17.1 Å². The first-order valence-corrected chi connectivity index (χ1v) is 6.48. The summed E-state index contributed by atoms with van der Waals surface area (Å²) in [6.45, 7) is 3.76. The molecule has 0 atom stereocenters. The number of hydrogen-bond acceptors (Lipinski definition) is 4. The number of aromatic nitrogens is 4. The first-order chi connectivity index (χ1) is 10.1. The molecule has 0 aliphatic heterocycles. The molecule has 5 nitrogen and oxygen atoms in total. The van der Waals surface area contributed by atoms with Gasteiger partial charge in [0.05, 0.1) is 0 Å². The summed E-state index contributed by atoms with van der Waals surface area (Å²) in [6, 6.07) is 10.4. The standard InChI is InChI=1S/C15H14FN5/c1-9-6-7-13(17)11(8-9)15-18-19-20-21(15)14-10(2)4-3-5-12(14)16/h3-8H,17H2,1-2H3. The van der Waals surface area contributed by atoms with Crippen LogP contribution < -0.4 is 5.73 Å². The predicted molar refractivity (Wildman–Crippen MR) is 78.4 cm³/mol. The molecule has 0 spiro atoms. The largest absolute Gasteiger partial charge is 0.398 e. The third-order valence-electron chi connectivity index (χ3n) is 3.32. The minimum Gasteiger partial charge on any atom is -0.398 e. The maximum Gasteiger partial charge on any atom is 0.189 e. The number of rotatable bonds is 2. The molecular weight excluding hydrogens is 269 g/mol. The maximum absolute atomic E-state index is 14.1. The van der Waals surface area contributed by atoms with Crippen molar-refractivity contribution in [2.45, 2.75) is 13.8 Å². The third-order valence-corrected chi connectivity index (χ3v) is 3.32. The lowest BCUT2D eigenvalue weighted by atomic mass is 10.1. The van der Waals surface area contributed by atoms with Crippen LogP contribution in [0.4, 0.5) is 10.1 Å². The van der Waals surface area contributed by atoms with Crippen molar-refractivity contribution >= 4 is 5.69 Å². The summed E-state index contributed by atoms with van der Waals surface area (Å²) in [4.78, 5) is 0. The van der Waals surface area contributed by atoms with Gasteiger partial charge in [-0.15, -0.1) is 5.10 Å². The zero-order valence-corrected chi connectivity index (χ0v) is 11.7. The van der Waals surface area contributed by atoms with E-state index < -0.39 is 0 Å². The number of halogens is 1. The molecule has 1 heterocycles. The zero-order chi connectivity index (χ0) is 15.0. The number of nitrogens with zero attached hydrogens (tertiary/aromatic N) is 4. The van der Waals surface area contributed by atoms with Gasteiger partial charge in [0.25, 0.3) is 0 Å². The summed E-state index contributed by atoms with van der Waals surface area (Å²) in [6.07, 6.45) is 0. The Morgan fingerprint density at radius 2 is 1.95 bits per heavy atom. The normalized spacial score (nSPS) is 10.8. The molecule has 0 unspecified atom stereocenters. The molecule has 1 aromatic heterocycles. The van der Waals surface area contributed by atoms with E-state index in [9.17, 15) is 4.39 Å². The second kappa shape index (κ2) is 4.97. The van der Waals surface area contributed by atoms with Gasteiger partial charge >= 0.3 is 0 Å². The van der Waals surface area contributed by atoms with Crippen molar-refractivity contribution in [3.05, 3.63) is 53.3 Å². The van der Waals surface area contributed by atoms with Crippen LogP contribution in [0.3, 0.4) is 0 Å². The predicted octanol–water partition coefficient (Wildman–Crippen LogP) is 2.67. The van der Waals surface area contributed by atoms with Crippen LogP contribution in [0.5, 0.6) is 0 Å². The van der Waals surface area contributed by atoms with Crippen molar-refractivity contribution in [2.75, 3.05) is 5.73 Å². The molecule has 3 aromatic rings. The van der Waals surface area contributed by atoms with E-state index in [0.717, 1.165) is 11.1 Å². The van der Waals surface area contributed by atoms with Gasteiger partial charge < -0.3 is 5.73 Å². The zero-order valence-electron chi connectivity index (χ0n) is 11.7. The van der Waals surface area contributed by atoms with E-state index in [-0.39, 0.29) is 5.82 Å². The molecule has 0 aliphatic carbocycles. The molecule has 2 N–H and O–H groups in total. The van der Waals surface area contributed by atoms with Crippen LogP contribution in [0.1, 0.15) is 11.1 Å². The Hall–Kier alpha value is -2.76. The topological polar surface area (TPSA) is 69.6 Å². The van der Waals surface area contributed by atoms with Crippen molar-refractivity contribution in [1.29, 1.82) is 0 Å². The molecule has 6 heteroatoms. The van der Waals surface area contributed by atoms with Gasteiger partial charge in [0.15, 0.2) is 5.82 Å². The fraction of sp³-hybridized carbons (Fsp3) is 0.133. The second-order valence-electron chi connectivity index (χ2n) is 4.91. The molecule has 0 saturated heterocycles. The van der Waals surface area contributed by atoms with E-state index in [1.165, 1.54) is 10.7 Å². The minimum absolute atomic E-state index is 0.332. The van der Waals surface area contributed by atoms with E-state index >= 15 is 0 Å². The summed E-state index contributed by atoms with van der Waals surface area (Å²) in [5.41, 5.74) is 9.33. The smallest absolute Gasteiger partial charge is 0.189 e. The fourth-order valence-corrected chi connectivity index (χ4v) is 2.26. The molecule has 21 heavy (non-hydrogen) atoms. The van der Waals surface area contributed by atoms with Crippen LogP contribution >= 0.6 is 0 Å². The minimum atomic E-state index is -0.380. The van der Waals surface area contributed by atoms with Crippen molar-refractivity contribution in [3.8, 4) is 17.1 Å². The molecule has 0 saturated carbocycles. The van der Waals surface area contributed by atoms with Crippen molar-refractivity contribution in [3.63, 3.8) is 0 Å². The lowest BCUT2D eigenvalue weighted by Gasteiger charge is -2.10. The number of tetrazole rings is 1. The summed E-state index contributed by atoms with van der Waals surface area (Å²) >= 11 is 0. The quantitative estimate of drug-likeness (QED) is 0.734. The summed E-state index contributed by atoms with van der Waals surface area (Å²) in [5, 5.41) is 11.6. The number of nitrogen functional groups attached to an aromatic ring is 1. The molecular formula is C15H14FN5. The van der Waals surface area contributed by atoms with Gasteiger partial charge in [-0.05, 0) is 48.0 Å². The van der Waals surface area contributed by atoms with Crippen LogP contribution in [-0.4, -0.2) is 20.2 Å². The monoisotopic (exact) mass is 283 g/mol. The van der Waals surface area contributed by atoms with Gasteiger partial charge in [0.2, 0.25) is 0 Å². The van der Waals surface area contributed by atoms with E-state index in [1.807, 2.05) is 32.0 Å². The number of benzene rings is 2. The highest BCUT2D eigenvalue weighted by Gasteiger charge is 2.17. The van der Waals surface area contributed by atoms with Gasteiger partial charge in [0, 0.05) is 11.3 Å². The summed E-state index contributed by atoms with van der Waals surface area (Å²) in [7, 11) is 0. The number of para-hydroxylation sites is 1. The van der Waals surface area contributed by atoms with Gasteiger partial charge in [-0.1, -0.05) is 23.8 Å². The molecule has 0 fully saturated rings. The van der Waals surface area contributed by atoms with Crippen molar-refractivity contribution < 1.29 is 4.39 Å². The lowest BCUT2D eigenvalue weighted by molar-refractivity contribution is 0.606. The highest BCUT2D eigenvalue weighted by atomic mass is 19.1. The number of aryl methyl sites for hydroxylation is 2. The Morgan fingerprint density at radius 3 is 2.71 bits per heavy atom. The fourth-order valence-electron chi connectivity index (χ4n) is 2.26. The van der Waals surface area contributed by atoms with Crippen LogP contribution in [-0.2, 0) is 0 Å². The molecule has 0 aliphatic rings. The Morgan fingerprint density at radius 1 is 1.14 bits per heavy atom. The molecule has 2 aromatic carbocycles. The highest BCUT2D eigenvalue weighted by molar-refractivity contribution is 5.73. The van der Waals surface area contributed by atoms with Gasteiger partial charge in [-0.25, -0.2) is 4.39 Å². The molecule has 106 valence electrons. The van der Waals surface area contributed by atoms with Crippen LogP contribution in [0.15, 0.2) is 36.4 Å². The average Bonchev–Trinajstić information content (AvgIpc) is 2.90. The molecule has 0 amide bonds. The van der Waals surface area contributed by atoms with E-state index in [1.54, 1.807) is 12.1 Å². The highest BCUT2D eigenvalue weighted by Crippen LogP contribution is 2.28. The number of anilines is 1. The van der Waals surface area contributed by atoms with E-state index in [2.05, 4.69) is 15.5 Å². The Bertz CT molecular complexity index is 789. The second-order valence-corrected chi connectivity index (χ2v) is 4.91. The van der Waals surface area contributed by atoms with Crippen LogP contribution in [0, 0.1) is 19.7 Å². The van der Waals surface area contributed by atoms with Crippen LogP contribution in [0.2, 0.25) is 0 Å². The Balaban J connectivity index is 2.25. The molecule has 0 bridgehead atoms. The molecule has 3 rings (SSSR count). The molecule has 0 radical (unpaired) electrons.